The lowest BCUT2D eigenvalue weighted by Crippen LogP contribution is -2.38. The maximum absolute atomic E-state index is 12.8. The first-order valence-corrected chi connectivity index (χ1v) is 11.4. The summed E-state index contributed by atoms with van der Waals surface area (Å²) in [6.45, 7) is 5.69. The highest BCUT2D eigenvalue weighted by atomic mass is 35.5. The first-order chi connectivity index (χ1) is 13.8. The van der Waals surface area contributed by atoms with E-state index < -0.39 is 0 Å². The van der Waals surface area contributed by atoms with E-state index in [1.807, 2.05) is 24.3 Å². The third kappa shape index (κ3) is 7.32. The minimum absolute atomic E-state index is 0. The van der Waals surface area contributed by atoms with E-state index in [-0.39, 0.29) is 24.4 Å². The monoisotopic (exact) mass is 436 g/mol. The minimum atomic E-state index is -0.0303. The molecular weight excluding hydrogens is 404 g/mol. The second kappa shape index (κ2) is 12.9. The molecular formula is C23H33ClN2O2S. The van der Waals surface area contributed by atoms with Crippen molar-refractivity contribution in [1.82, 2.24) is 10.2 Å². The molecule has 3 rings (SSSR count). The number of unbranched alkanes of at least 4 members (excludes halogenated alkanes) is 1. The number of carbonyl (C=O) groups is 1. The Kier molecular flexibility index (Phi) is 10.5. The number of hydrogen-bond acceptors (Lipinski definition) is 4. The summed E-state index contributed by atoms with van der Waals surface area (Å²) in [7, 11) is 0. The number of thiophene rings is 1. The molecule has 0 bridgehead atoms. The molecule has 2 heterocycles. The molecule has 0 saturated carbocycles. The van der Waals surface area contributed by atoms with Gasteiger partial charge in [-0.15, -0.1) is 23.7 Å². The maximum atomic E-state index is 12.8. The van der Waals surface area contributed by atoms with Crippen LogP contribution < -0.4 is 10.1 Å². The Labute approximate surface area is 185 Å². The summed E-state index contributed by atoms with van der Waals surface area (Å²) in [6.07, 6.45) is 7.23. The summed E-state index contributed by atoms with van der Waals surface area (Å²) in [5.41, 5.74) is 0.662. The van der Waals surface area contributed by atoms with Crippen LogP contribution in [0, 0.1) is 0 Å². The Bertz CT molecular complexity index is 715. The van der Waals surface area contributed by atoms with Gasteiger partial charge in [-0.2, -0.15) is 0 Å². The first kappa shape index (κ1) is 23.7. The second-order valence-corrected chi connectivity index (χ2v) is 8.40. The van der Waals surface area contributed by atoms with Gasteiger partial charge >= 0.3 is 0 Å². The van der Waals surface area contributed by atoms with E-state index in [0.717, 1.165) is 31.7 Å². The lowest BCUT2D eigenvalue weighted by Gasteiger charge is -2.30. The molecule has 160 valence electrons. The molecule has 4 nitrogen and oxygen atoms in total. The lowest BCUT2D eigenvalue weighted by molar-refractivity contribution is 0.0933. The number of ether oxygens (including phenoxy) is 1. The summed E-state index contributed by atoms with van der Waals surface area (Å²) in [6, 6.07) is 12.1. The Balaban J connectivity index is 0.00000300. The Hall–Kier alpha value is -1.56. The van der Waals surface area contributed by atoms with Crippen LogP contribution in [0.2, 0.25) is 0 Å². The second-order valence-electron chi connectivity index (χ2n) is 7.42. The van der Waals surface area contributed by atoms with Gasteiger partial charge in [0.1, 0.15) is 5.75 Å². The first-order valence-electron chi connectivity index (χ1n) is 10.6. The predicted octanol–water partition coefficient (Wildman–Crippen LogP) is 5.70. The number of nitrogens with zero attached hydrogens (tertiary/aromatic N) is 1. The van der Waals surface area contributed by atoms with Crippen LogP contribution in [0.4, 0.5) is 0 Å². The van der Waals surface area contributed by atoms with E-state index in [9.17, 15) is 4.79 Å². The number of rotatable bonds is 9. The Morgan fingerprint density at radius 3 is 2.66 bits per heavy atom. The fourth-order valence-electron chi connectivity index (χ4n) is 3.65. The zero-order chi connectivity index (χ0) is 19.6. The molecule has 29 heavy (non-hydrogen) atoms. The van der Waals surface area contributed by atoms with Gasteiger partial charge in [0.15, 0.2) is 0 Å². The van der Waals surface area contributed by atoms with Crippen LogP contribution in [0.3, 0.4) is 0 Å². The molecule has 1 atom stereocenters. The van der Waals surface area contributed by atoms with Crippen LogP contribution in [-0.2, 0) is 0 Å². The molecule has 2 aromatic rings. The molecule has 1 aliphatic heterocycles. The van der Waals surface area contributed by atoms with Crippen molar-refractivity contribution in [2.24, 2.45) is 0 Å². The average Bonchev–Trinajstić information content (AvgIpc) is 3.11. The van der Waals surface area contributed by atoms with Crippen molar-refractivity contribution >= 4 is 29.7 Å². The molecule has 0 aliphatic carbocycles. The van der Waals surface area contributed by atoms with E-state index in [1.165, 1.54) is 30.6 Å². The van der Waals surface area contributed by atoms with Crippen LogP contribution >= 0.6 is 23.7 Å². The van der Waals surface area contributed by atoms with Crippen LogP contribution in [0.5, 0.6) is 5.75 Å². The molecule has 0 spiro atoms. The highest BCUT2D eigenvalue weighted by Crippen LogP contribution is 2.27. The molecule has 1 aromatic carbocycles. The molecule has 6 heteroatoms. The van der Waals surface area contributed by atoms with Crippen molar-refractivity contribution in [1.29, 1.82) is 0 Å². The third-order valence-corrected chi connectivity index (χ3v) is 6.25. The van der Waals surface area contributed by atoms with Crippen molar-refractivity contribution < 1.29 is 9.53 Å². The lowest BCUT2D eigenvalue weighted by atomic mass is 10.1. The van der Waals surface area contributed by atoms with Gasteiger partial charge in [0, 0.05) is 17.0 Å². The van der Waals surface area contributed by atoms with Gasteiger partial charge in [-0.1, -0.05) is 38.3 Å². The van der Waals surface area contributed by atoms with Crippen LogP contribution in [0.1, 0.15) is 66.7 Å². The standard InChI is InChI=1S/C23H32N2O2S.ClH/c1-2-3-15-27-20-11-8-10-19(17-20)23(26)24-18-21(22-12-9-16-28-22)25-13-6-4-5-7-14-25;/h8-12,16-17,21H,2-7,13-15,18H2,1H3,(H,24,26);1H. The summed E-state index contributed by atoms with van der Waals surface area (Å²) in [4.78, 5) is 16.6. The molecule has 1 amide bonds. The zero-order valence-corrected chi connectivity index (χ0v) is 18.9. The molecule has 1 aromatic heterocycles. The maximum Gasteiger partial charge on any atom is 0.251 e. The predicted molar refractivity (Wildman–Crippen MR) is 124 cm³/mol. The smallest absolute Gasteiger partial charge is 0.251 e. The van der Waals surface area contributed by atoms with E-state index in [0.29, 0.717) is 18.7 Å². The van der Waals surface area contributed by atoms with E-state index >= 15 is 0 Å². The molecule has 1 aliphatic rings. The molecule has 1 unspecified atom stereocenters. The highest BCUT2D eigenvalue weighted by molar-refractivity contribution is 7.10. The summed E-state index contributed by atoms with van der Waals surface area (Å²) in [5, 5.41) is 5.29. The van der Waals surface area contributed by atoms with E-state index in [2.05, 4.69) is 34.7 Å². The van der Waals surface area contributed by atoms with Gasteiger partial charge in [-0.25, -0.2) is 0 Å². The molecule has 0 radical (unpaired) electrons. The average molecular weight is 437 g/mol. The molecule has 1 N–H and O–H groups in total. The van der Waals surface area contributed by atoms with Gasteiger partial charge < -0.3 is 10.1 Å². The fraction of sp³-hybridized carbons (Fsp3) is 0.522. The minimum Gasteiger partial charge on any atom is -0.494 e. The van der Waals surface area contributed by atoms with Crippen molar-refractivity contribution in [3.05, 3.63) is 52.2 Å². The van der Waals surface area contributed by atoms with Gasteiger partial charge in [0.2, 0.25) is 0 Å². The fourth-order valence-corrected chi connectivity index (χ4v) is 4.51. The normalized spacial score (nSPS) is 15.8. The van der Waals surface area contributed by atoms with Crippen LogP contribution in [-0.4, -0.2) is 37.0 Å². The van der Waals surface area contributed by atoms with Crippen molar-refractivity contribution in [2.75, 3.05) is 26.2 Å². The number of carbonyl (C=O) groups excluding carboxylic acids is 1. The van der Waals surface area contributed by atoms with Gasteiger partial charge in [-0.05, 0) is 62.0 Å². The number of amides is 1. The van der Waals surface area contributed by atoms with Crippen molar-refractivity contribution in [3.8, 4) is 5.75 Å². The number of hydrogen-bond donors (Lipinski definition) is 1. The number of nitrogens with one attached hydrogen (secondary N) is 1. The van der Waals surface area contributed by atoms with Crippen LogP contribution in [0.25, 0.3) is 0 Å². The van der Waals surface area contributed by atoms with Gasteiger partial charge in [0.25, 0.3) is 5.91 Å². The Morgan fingerprint density at radius 1 is 1.17 bits per heavy atom. The number of halogens is 1. The van der Waals surface area contributed by atoms with Crippen LogP contribution in [0.15, 0.2) is 41.8 Å². The highest BCUT2D eigenvalue weighted by Gasteiger charge is 2.23. The summed E-state index contributed by atoms with van der Waals surface area (Å²) >= 11 is 1.78. The van der Waals surface area contributed by atoms with Gasteiger partial charge in [0.05, 0.1) is 12.6 Å². The third-order valence-electron chi connectivity index (χ3n) is 5.27. The Morgan fingerprint density at radius 2 is 1.97 bits per heavy atom. The van der Waals surface area contributed by atoms with Crippen molar-refractivity contribution in [3.63, 3.8) is 0 Å². The number of benzene rings is 1. The topological polar surface area (TPSA) is 41.6 Å². The quantitative estimate of drug-likeness (QED) is 0.513. The summed E-state index contributed by atoms with van der Waals surface area (Å²) < 4.78 is 5.74. The molecule has 1 fully saturated rings. The zero-order valence-electron chi connectivity index (χ0n) is 17.3. The van der Waals surface area contributed by atoms with E-state index in [4.69, 9.17) is 4.74 Å². The largest absolute Gasteiger partial charge is 0.494 e. The van der Waals surface area contributed by atoms with Gasteiger partial charge in [-0.3, -0.25) is 9.69 Å². The number of likely N-dealkylation sites (tertiary alicyclic amines) is 1. The van der Waals surface area contributed by atoms with Crippen molar-refractivity contribution in [2.45, 2.75) is 51.5 Å². The van der Waals surface area contributed by atoms with E-state index in [1.54, 1.807) is 11.3 Å². The SMILES string of the molecule is CCCCOc1cccc(C(=O)NCC(c2cccs2)N2CCCCCC2)c1.Cl. The summed E-state index contributed by atoms with van der Waals surface area (Å²) in [5.74, 6) is 0.737. The molecule has 1 saturated heterocycles.